The van der Waals surface area contributed by atoms with Gasteiger partial charge in [0, 0.05) is 38.0 Å². The average molecular weight is 1030 g/mol. The number of hydrogen-bond donors (Lipinski definition) is 1. The number of aliphatic hydroxyl groups excluding tert-OH is 1. The average Bonchev–Trinajstić information content (AvgIpc) is 3.61. The molecule has 1 N–H and O–H groups in total. The Labute approximate surface area is 346 Å². The summed E-state index contributed by atoms with van der Waals surface area (Å²) in [6.45, 7) is 26.1. The van der Waals surface area contributed by atoms with Crippen LogP contribution in [0.3, 0.4) is 0 Å². The molecule has 3 aromatic carbocycles. The van der Waals surface area contributed by atoms with Gasteiger partial charge in [0.05, 0.1) is 5.76 Å². The molecule has 0 aliphatic heterocycles. The van der Waals surface area contributed by atoms with Gasteiger partial charge in [0.25, 0.3) is 0 Å². The molecule has 7 heteroatoms. The fraction of sp³-hybridized carbons (Fsp3) is 0.391. The zero-order valence-electron chi connectivity index (χ0n) is 33.4. The second kappa shape index (κ2) is 18.1. The quantitative estimate of drug-likeness (QED) is 0.0644. The van der Waals surface area contributed by atoms with Crippen LogP contribution in [0.1, 0.15) is 61.0 Å². The van der Waals surface area contributed by atoms with E-state index in [4.69, 9.17) is 4.98 Å². The number of thiophene rings is 1. The molecule has 0 bridgehead atoms. The summed E-state index contributed by atoms with van der Waals surface area (Å²) in [7, 11) is -1.30. The molecule has 3 heterocycles. The van der Waals surface area contributed by atoms with Gasteiger partial charge in [-0.1, -0.05) is 55.4 Å². The van der Waals surface area contributed by atoms with E-state index < -0.39 is 28.5 Å². The van der Waals surface area contributed by atoms with E-state index in [-0.39, 0.29) is 43.5 Å². The van der Waals surface area contributed by atoms with Gasteiger partial charge in [0.2, 0.25) is 0 Å². The molecule has 0 aliphatic carbocycles. The Morgan fingerprint density at radius 2 is 1.42 bits per heavy atom. The largest absolute Gasteiger partial charge is 0 e. The number of pyridine rings is 1. The summed E-state index contributed by atoms with van der Waals surface area (Å²) in [5, 5.41) is 15.9. The molecule has 1 radical (unpaired) electrons. The van der Waals surface area contributed by atoms with Crippen LogP contribution < -0.4 is 5.19 Å². The molecule has 0 atom stereocenters. The van der Waals surface area contributed by atoms with E-state index in [0.717, 1.165) is 5.69 Å². The topological polar surface area (TPSA) is 50.2 Å². The predicted molar refractivity (Wildman–Crippen MR) is 231 cm³/mol. The molecule has 0 unspecified atom stereocenters. The van der Waals surface area contributed by atoms with E-state index in [1.807, 2.05) is 17.5 Å². The van der Waals surface area contributed by atoms with Crippen LogP contribution >= 0.6 is 11.3 Å². The van der Waals surface area contributed by atoms with Crippen LogP contribution in [0.4, 0.5) is 0 Å². The number of hydrogen-bond acceptors (Lipinski definition) is 4. The van der Waals surface area contributed by atoms with Crippen molar-refractivity contribution in [1.82, 2.24) is 4.98 Å². The van der Waals surface area contributed by atoms with Gasteiger partial charge in [-0.15, -0.1) is 0 Å². The Morgan fingerprint density at radius 1 is 0.811 bits per heavy atom. The molecule has 0 saturated carbocycles. The van der Waals surface area contributed by atoms with Crippen LogP contribution in [0.2, 0.25) is 19.6 Å². The number of aromatic nitrogens is 1. The predicted octanol–water partition coefficient (Wildman–Crippen LogP) is 12.5. The van der Waals surface area contributed by atoms with Crippen LogP contribution in [-0.2, 0) is 24.9 Å². The van der Waals surface area contributed by atoms with Crippen molar-refractivity contribution >= 4 is 78.5 Å². The van der Waals surface area contributed by atoms with E-state index in [1.165, 1.54) is 60.5 Å². The number of carbonyl (C=O) groups excluding carboxylic acids is 1. The number of nitrogens with zero attached hydrogens (tertiary/aromatic N) is 1. The van der Waals surface area contributed by atoms with Crippen molar-refractivity contribution < 1.29 is 30.0 Å². The van der Waals surface area contributed by atoms with Gasteiger partial charge < -0.3 is 5.11 Å². The number of rotatable bonds is 10. The maximum absolute atomic E-state index is 12.3. The molecule has 53 heavy (non-hydrogen) atoms. The Morgan fingerprint density at radius 3 is 2.00 bits per heavy atom. The summed E-state index contributed by atoms with van der Waals surface area (Å²) in [6, 6.07) is 28.3. The summed E-state index contributed by atoms with van der Waals surface area (Å²) < 4.78 is 4.29. The molecule has 0 saturated heterocycles. The van der Waals surface area contributed by atoms with Crippen LogP contribution in [0.5, 0.6) is 0 Å². The zero-order chi connectivity index (χ0) is 38.1. The second-order valence-electron chi connectivity index (χ2n) is 16.6. The summed E-state index contributed by atoms with van der Waals surface area (Å²) in [4.78, 5) is 18.6. The van der Waals surface area contributed by atoms with Gasteiger partial charge in [-0.25, -0.2) is 0 Å². The normalized spacial score (nSPS) is 12.5. The summed E-state index contributed by atoms with van der Waals surface area (Å²) in [5.41, 5.74) is 4.97. The molecule has 3 nitrogen and oxygen atoms in total. The molecular weight excluding hydrogens is 978 g/mol. The van der Waals surface area contributed by atoms with Crippen LogP contribution in [0.15, 0.2) is 84.8 Å². The smallest absolute Gasteiger partial charge is 0 e. The van der Waals surface area contributed by atoms with Crippen molar-refractivity contribution in [2.24, 2.45) is 35.5 Å². The standard InChI is InChI=1S/C29H24NSSiTe.C17H32O2.Ir/c1-18-21-16-17-30-26(24-10-7-9-23-22-8-5-6-11-25(22)33-29(23)24)28(21)31-27(18)19-12-14-20(15-13-19)32(2,3)4;1-10(2)16(11(3)4)14(18)9-15(19)17(12(5)6)13(7)8;/h5-9,11-17H,1-4H3;9-13,16-18H,1-8H3;/q-1;;/b;14-9-;. The second-order valence-corrected chi connectivity index (χ2v) is 25.7. The van der Waals surface area contributed by atoms with E-state index in [0.29, 0.717) is 23.7 Å². The maximum Gasteiger partial charge on any atom is 0 e. The molecule has 3 aromatic heterocycles. The number of allylic oxidation sites excluding steroid dienone is 2. The summed E-state index contributed by atoms with van der Waals surface area (Å²) in [5.74, 6) is 1.63. The van der Waals surface area contributed by atoms with Crippen molar-refractivity contribution in [2.75, 3.05) is 0 Å². The first-order valence-corrected chi connectivity index (χ1v) is 25.4. The number of carbonyl (C=O) groups is 1. The Hall–Kier alpha value is -2.36. The van der Waals surface area contributed by atoms with E-state index in [9.17, 15) is 9.90 Å². The minimum absolute atomic E-state index is 0. The van der Waals surface area contributed by atoms with Crippen molar-refractivity contribution in [2.45, 2.75) is 82.0 Å². The number of benzene rings is 3. The number of aryl methyl sites for hydroxylation is 1. The monoisotopic (exact) mass is 1040 g/mol. The van der Waals surface area contributed by atoms with Gasteiger partial charge in [-0.05, 0) is 23.7 Å². The molecule has 283 valence electrons. The Bertz CT molecular complexity index is 2190. The molecule has 0 aliphatic rings. The van der Waals surface area contributed by atoms with Crippen molar-refractivity contribution in [3.63, 3.8) is 0 Å². The third-order valence-electron chi connectivity index (χ3n) is 10.3. The van der Waals surface area contributed by atoms with Gasteiger partial charge in [0.15, 0.2) is 5.78 Å². The SMILES string of the molecule is CC(C)C(C(=O)/C=C(\O)C(C(C)C)C(C)C)C(C)C.Cc1c(-c2ccc([Si](C)(C)C)cc2)sc2c(-c3[c-]ccc4c3[te]c3ccccc34)nccc12.[Ir]. The van der Waals surface area contributed by atoms with E-state index >= 15 is 0 Å². The number of aliphatic hydroxyl groups is 1. The van der Waals surface area contributed by atoms with Crippen molar-refractivity contribution in [3.8, 4) is 21.7 Å². The van der Waals surface area contributed by atoms with Gasteiger partial charge in [0.1, 0.15) is 0 Å². The maximum atomic E-state index is 12.3. The number of fused-ring (bicyclic) bond motifs is 4. The molecular formula is C46H56IrNO2SSiTe-. The Balaban J connectivity index is 0.000000272. The minimum Gasteiger partial charge on any atom is 0 e. The van der Waals surface area contributed by atoms with Crippen LogP contribution in [0, 0.1) is 48.5 Å². The molecule has 0 amide bonds. The van der Waals surface area contributed by atoms with E-state index in [2.05, 4.69) is 155 Å². The molecule has 0 fully saturated rings. The van der Waals surface area contributed by atoms with Gasteiger partial charge >= 0.3 is 210 Å². The fourth-order valence-electron chi connectivity index (χ4n) is 7.81. The Kier molecular flexibility index (Phi) is 14.8. The molecule has 6 aromatic rings. The first-order chi connectivity index (χ1) is 24.5. The molecule has 6 rings (SSSR count). The van der Waals surface area contributed by atoms with Crippen molar-refractivity contribution in [1.29, 1.82) is 0 Å². The zero-order valence-corrected chi connectivity index (χ0v) is 40.0. The third kappa shape index (κ3) is 9.54. The van der Waals surface area contributed by atoms with Crippen LogP contribution in [-0.4, -0.2) is 44.4 Å². The first-order valence-electron chi connectivity index (χ1n) is 18.8. The van der Waals surface area contributed by atoms with Crippen molar-refractivity contribution in [3.05, 3.63) is 96.4 Å². The fourth-order valence-corrected chi connectivity index (χ4v) is 13.7. The van der Waals surface area contributed by atoms with Gasteiger partial charge in [-0.2, -0.15) is 0 Å². The summed E-state index contributed by atoms with van der Waals surface area (Å²) >= 11 is 1.45. The minimum atomic E-state index is -1.30. The first kappa shape index (κ1) is 43.4. The number of ketones is 1. The summed E-state index contributed by atoms with van der Waals surface area (Å²) in [6.07, 6.45) is 3.46. The van der Waals surface area contributed by atoms with Crippen LogP contribution in [0.25, 0.3) is 49.4 Å². The van der Waals surface area contributed by atoms with Gasteiger partial charge in [-0.3, -0.25) is 4.79 Å². The van der Waals surface area contributed by atoms with E-state index in [1.54, 1.807) is 0 Å². The molecule has 0 spiro atoms. The third-order valence-corrected chi connectivity index (χ3v) is 17.1.